The summed E-state index contributed by atoms with van der Waals surface area (Å²) in [4.78, 5) is 3.78. The quantitative estimate of drug-likeness (QED) is 0.548. The van der Waals surface area contributed by atoms with Crippen molar-refractivity contribution in [2.45, 2.75) is 0 Å². The molecule has 13 heavy (non-hydrogen) atoms. The first kappa shape index (κ1) is 11.4. The van der Waals surface area contributed by atoms with Gasteiger partial charge in [0.15, 0.2) is 0 Å². The van der Waals surface area contributed by atoms with Crippen LogP contribution in [0.1, 0.15) is 0 Å². The van der Waals surface area contributed by atoms with E-state index in [4.69, 9.17) is 0 Å². The molecule has 0 saturated heterocycles. The summed E-state index contributed by atoms with van der Waals surface area (Å²) in [6.07, 6.45) is 3.50. The van der Waals surface area contributed by atoms with E-state index in [0.29, 0.717) is 0 Å². The van der Waals surface area contributed by atoms with Gasteiger partial charge in [-0.2, -0.15) is 0 Å². The molecule has 0 saturated carbocycles. The summed E-state index contributed by atoms with van der Waals surface area (Å²) < 4.78 is 0. The van der Waals surface area contributed by atoms with Gasteiger partial charge >= 0.3 is 0 Å². The van der Waals surface area contributed by atoms with Crippen LogP contribution < -0.4 is 0 Å². The Morgan fingerprint density at radius 2 is 0.769 bits per heavy atom. The van der Waals surface area contributed by atoms with Crippen LogP contribution in [0.25, 0.3) is 0 Å². The van der Waals surface area contributed by atoms with Crippen molar-refractivity contribution in [3.63, 3.8) is 0 Å². The Kier molecular flexibility index (Phi) is 7.50. The SMILES string of the molecule is B.c1ccccc1.c1ccncc1. The Hall–Kier alpha value is -1.57. The number of hydrogen-bond donors (Lipinski definition) is 0. The van der Waals surface area contributed by atoms with Crippen molar-refractivity contribution < 1.29 is 0 Å². The van der Waals surface area contributed by atoms with Gasteiger partial charge in [-0.05, 0) is 12.1 Å². The average Bonchev–Trinajstić information content (AvgIpc) is 2.24. The van der Waals surface area contributed by atoms with Crippen molar-refractivity contribution in [2.75, 3.05) is 0 Å². The van der Waals surface area contributed by atoms with Gasteiger partial charge < -0.3 is 0 Å². The second-order valence-corrected chi connectivity index (χ2v) is 2.18. The van der Waals surface area contributed by atoms with Crippen LogP contribution in [0.15, 0.2) is 67.0 Å². The Morgan fingerprint density at radius 1 is 0.462 bits per heavy atom. The second kappa shape index (κ2) is 8.53. The monoisotopic (exact) mass is 171 g/mol. The number of aromatic nitrogens is 1. The molecule has 66 valence electrons. The number of benzene rings is 1. The van der Waals surface area contributed by atoms with Crippen LogP contribution in [0.3, 0.4) is 0 Å². The molecule has 0 spiro atoms. The van der Waals surface area contributed by atoms with E-state index in [0.717, 1.165) is 0 Å². The van der Waals surface area contributed by atoms with Gasteiger partial charge in [-0.25, -0.2) is 0 Å². The first-order chi connectivity index (χ1) is 6.00. The predicted molar refractivity (Wildman–Crippen MR) is 60.6 cm³/mol. The maximum Gasteiger partial charge on any atom is 0.0814 e. The van der Waals surface area contributed by atoms with E-state index >= 15 is 0 Å². The molecule has 1 heterocycles. The van der Waals surface area contributed by atoms with Crippen LogP contribution >= 0.6 is 0 Å². The van der Waals surface area contributed by atoms with Crippen molar-refractivity contribution >= 4 is 8.41 Å². The lowest BCUT2D eigenvalue weighted by atomic mass is 10.4. The van der Waals surface area contributed by atoms with E-state index in [1.807, 2.05) is 54.6 Å². The molecule has 0 N–H and O–H groups in total. The number of nitrogens with zero attached hydrogens (tertiary/aromatic N) is 1. The molecule has 2 rings (SSSR count). The first-order valence-electron chi connectivity index (χ1n) is 3.85. The highest BCUT2D eigenvalue weighted by atomic mass is 14.6. The lowest BCUT2D eigenvalue weighted by Gasteiger charge is -1.70. The lowest BCUT2D eigenvalue weighted by Crippen LogP contribution is -1.58. The van der Waals surface area contributed by atoms with Gasteiger partial charge in [-0.3, -0.25) is 4.98 Å². The molecule has 0 atom stereocenters. The molecule has 0 aliphatic rings. The van der Waals surface area contributed by atoms with E-state index < -0.39 is 0 Å². The van der Waals surface area contributed by atoms with Gasteiger partial charge in [-0.15, -0.1) is 0 Å². The van der Waals surface area contributed by atoms with E-state index in [1.54, 1.807) is 12.4 Å². The first-order valence-corrected chi connectivity index (χ1v) is 3.85. The molecule has 2 heteroatoms. The number of rotatable bonds is 0. The third-order valence-electron chi connectivity index (χ3n) is 1.23. The molecule has 0 aliphatic carbocycles. The number of hydrogen-bond acceptors (Lipinski definition) is 1. The molecule has 1 aromatic carbocycles. The minimum atomic E-state index is 0. The molecular weight excluding hydrogens is 157 g/mol. The molecule has 0 unspecified atom stereocenters. The van der Waals surface area contributed by atoms with Gasteiger partial charge in [0.2, 0.25) is 0 Å². The molecule has 1 aromatic heterocycles. The molecular formula is C11H14BN. The zero-order valence-corrected chi connectivity index (χ0v) is 6.80. The van der Waals surface area contributed by atoms with Crippen molar-refractivity contribution in [3.8, 4) is 0 Å². The Bertz CT molecular complexity index is 185. The second-order valence-electron chi connectivity index (χ2n) is 2.18. The highest BCUT2D eigenvalue weighted by molar-refractivity contribution is 5.75. The zero-order chi connectivity index (χ0) is 8.49. The minimum Gasteiger partial charge on any atom is -0.265 e. The molecule has 1 nitrogen and oxygen atoms in total. The molecule has 0 fully saturated rings. The van der Waals surface area contributed by atoms with Crippen LogP contribution in [-0.4, -0.2) is 13.4 Å². The highest BCUT2D eigenvalue weighted by Gasteiger charge is 1.58. The third kappa shape index (κ3) is 6.82. The van der Waals surface area contributed by atoms with E-state index in [9.17, 15) is 0 Å². The fraction of sp³-hybridized carbons (Fsp3) is 0. The van der Waals surface area contributed by atoms with Crippen LogP contribution in [0, 0.1) is 0 Å². The summed E-state index contributed by atoms with van der Waals surface area (Å²) in [7, 11) is 0. The van der Waals surface area contributed by atoms with Crippen molar-refractivity contribution in [3.05, 3.63) is 67.0 Å². The standard InChI is InChI=1S/C6H6.C5H5N.BH3/c2*1-2-4-6-5-3-1;/h1-6H;1-5H;1H3. The highest BCUT2D eigenvalue weighted by Crippen LogP contribution is 1.79. The van der Waals surface area contributed by atoms with Crippen LogP contribution in [0.4, 0.5) is 0 Å². The topological polar surface area (TPSA) is 12.9 Å². The summed E-state index contributed by atoms with van der Waals surface area (Å²) in [5, 5.41) is 0. The summed E-state index contributed by atoms with van der Waals surface area (Å²) in [5.41, 5.74) is 0. The van der Waals surface area contributed by atoms with Crippen LogP contribution in [0.5, 0.6) is 0 Å². The lowest BCUT2D eigenvalue weighted by molar-refractivity contribution is 1.33. The zero-order valence-electron chi connectivity index (χ0n) is 6.80. The summed E-state index contributed by atoms with van der Waals surface area (Å²) in [5.74, 6) is 0. The average molecular weight is 171 g/mol. The summed E-state index contributed by atoms with van der Waals surface area (Å²) >= 11 is 0. The van der Waals surface area contributed by atoms with Gasteiger partial charge in [0.05, 0.1) is 8.41 Å². The van der Waals surface area contributed by atoms with E-state index in [-0.39, 0.29) is 8.41 Å². The van der Waals surface area contributed by atoms with Crippen molar-refractivity contribution in [2.24, 2.45) is 0 Å². The normalized spacial score (nSPS) is 7.38. The predicted octanol–water partition coefficient (Wildman–Crippen LogP) is 1.58. The summed E-state index contributed by atoms with van der Waals surface area (Å²) in [6, 6.07) is 17.7. The van der Waals surface area contributed by atoms with E-state index in [1.165, 1.54) is 0 Å². The Morgan fingerprint density at radius 3 is 0.923 bits per heavy atom. The van der Waals surface area contributed by atoms with Crippen molar-refractivity contribution in [1.29, 1.82) is 0 Å². The maximum atomic E-state index is 3.78. The van der Waals surface area contributed by atoms with Crippen LogP contribution in [-0.2, 0) is 0 Å². The summed E-state index contributed by atoms with van der Waals surface area (Å²) in [6.45, 7) is 0. The van der Waals surface area contributed by atoms with Crippen LogP contribution in [0.2, 0.25) is 0 Å². The fourth-order valence-electron chi connectivity index (χ4n) is 0.698. The minimum absolute atomic E-state index is 0. The third-order valence-corrected chi connectivity index (χ3v) is 1.23. The van der Waals surface area contributed by atoms with E-state index in [2.05, 4.69) is 4.98 Å². The fourth-order valence-corrected chi connectivity index (χ4v) is 0.698. The molecule has 2 aromatic rings. The Balaban J connectivity index is 0.000000206. The Labute approximate surface area is 81.0 Å². The maximum absolute atomic E-state index is 3.78. The largest absolute Gasteiger partial charge is 0.265 e. The molecule has 0 radical (unpaired) electrons. The molecule has 0 aliphatic heterocycles. The molecule has 0 bridgehead atoms. The van der Waals surface area contributed by atoms with Gasteiger partial charge in [0.1, 0.15) is 0 Å². The number of pyridine rings is 1. The van der Waals surface area contributed by atoms with Crippen molar-refractivity contribution in [1.82, 2.24) is 4.98 Å². The smallest absolute Gasteiger partial charge is 0.0814 e. The van der Waals surface area contributed by atoms with Gasteiger partial charge in [-0.1, -0.05) is 42.5 Å². The van der Waals surface area contributed by atoms with Gasteiger partial charge in [0.25, 0.3) is 0 Å². The molecule has 0 amide bonds. The van der Waals surface area contributed by atoms with Gasteiger partial charge in [0, 0.05) is 12.4 Å².